The number of thioether (sulfide) groups is 1. The minimum atomic E-state index is -4.82. The maximum Gasteiger partial charge on any atom is 1.00 e. The van der Waals surface area contributed by atoms with E-state index < -0.39 is 23.5 Å². The first kappa shape index (κ1) is 29.1. The van der Waals surface area contributed by atoms with Gasteiger partial charge in [-0.3, -0.25) is 0 Å². The number of rotatable bonds is 6. The molecule has 0 spiro atoms. The molecule has 1 atom stereocenters. The van der Waals surface area contributed by atoms with Crippen molar-refractivity contribution in [3.63, 3.8) is 0 Å². The number of nitrogens with zero attached hydrogens (tertiary/aromatic N) is 1. The summed E-state index contributed by atoms with van der Waals surface area (Å²) in [7, 11) is 0. The Morgan fingerprint density at radius 3 is 2.62 bits per heavy atom. The molecule has 0 aliphatic carbocycles. The smallest absolute Gasteiger partial charge is 0.550 e. The van der Waals surface area contributed by atoms with Crippen LogP contribution in [0.3, 0.4) is 0 Å². The van der Waals surface area contributed by atoms with Crippen molar-refractivity contribution in [2.75, 3.05) is 5.75 Å². The van der Waals surface area contributed by atoms with Gasteiger partial charge in [-0.05, 0) is 65.3 Å². The third-order valence-corrected chi connectivity index (χ3v) is 7.46. The van der Waals surface area contributed by atoms with Crippen LogP contribution in [0.15, 0.2) is 66.7 Å². The average Bonchev–Trinajstić information content (AvgIpc) is 3.03. The number of hydrogen-bond donors (Lipinski definition) is 0. The molecule has 39 heavy (non-hydrogen) atoms. The number of aliphatic carboxylic acids is 1. The number of carbonyl (C=O) groups excluding carboxylic acids is 1. The largest absolute Gasteiger partial charge is 1.00 e. The number of carboxylic acid groups (broad SMARTS) is 1. The van der Waals surface area contributed by atoms with Gasteiger partial charge in [-0.1, -0.05) is 42.5 Å². The molecule has 0 fully saturated rings. The minimum Gasteiger partial charge on any atom is -0.550 e. The van der Waals surface area contributed by atoms with Gasteiger partial charge in [0.2, 0.25) is 0 Å². The molecule has 0 N–H and O–H groups in total. The van der Waals surface area contributed by atoms with Crippen LogP contribution in [0, 0.1) is 5.82 Å². The molecule has 0 bridgehead atoms. The predicted octanol–water partition coefficient (Wildman–Crippen LogP) is 3.42. The Bertz CT molecular complexity index is 1560. The standard InChI is InChI=1S/C29H21F4NO3S.Na/c30-24-14-18-7-9-20(34-25(18)15-23(24)29(31,32)33)8-5-17-6-10-26-22(13-17)28(38-12-11-27(35)36)21-4-2-1-3-19(21)16-37-26;/h1-10,13-15,28H,11-12,16H2,(H,35,36);/q;+1/p-1/b8-5+;. The number of benzene rings is 3. The zero-order valence-electron chi connectivity index (χ0n) is 20.8. The monoisotopic (exact) mass is 561 g/mol. The van der Waals surface area contributed by atoms with E-state index in [1.54, 1.807) is 18.2 Å². The van der Waals surface area contributed by atoms with E-state index in [1.807, 2.05) is 42.5 Å². The molecule has 4 aromatic rings. The summed E-state index contributed by atoms with van der Waals surface area (Å²) >= 11 is 1.49. The number of aromatic nitrogens is 1. The molecule has 3 aromatic carbocycles. The van der Waals surface area contributed by atoms with E-state index in [0.717, 1.165) is 28.3 Å². The molecule has 0 saturated heterocycles. The fourth-order valence-electron chi connectivity index (χ4n) is 4.34. The van der Waals surface area contributed by atoms with Crippen molar-refractivity contribution < 1.29 is 61.8 Å². The number of ether oxygens (including phenoxy) is 1. The SMILES string of the molecule is O=C([O-])CCSC1c2ccccc2COc2ccc(/C=C/c3ccc4cc(F)c(C(F)(F)F)cc4n3)cc21.[Na+]. The number of alkyl halides is 3. The van der Waals surface area contributed by atoms with Crippen LogP contribution < -0.4 is 39.4 Å². The molecule has 1 aliphatic heterocycles. The van der Waals surface area contributed by atoms with Crippen molar-refractivity contribution in [2.45, 2.75) is 24.5 Å². The van der Waals surface area contributed by atoms with Gasteiger partial charge in [0.05, 0.1) is 22.0 Å². The molecule has 10 heteroatoms. The summed E-state index contributed by atoms with van der Waals surface area (Å²) < 4.78 is 59.3. The van der Waals surface area contributed by atoms with Crippen LogP contribution in [0.1, 0.15) is 45.2 Å². The van der Waals surface area contributed by atoms with E-state index in [-0.39, 0.29) is 52.1 Å². The van der Waals surface area contributed by atoms with Crippen LogP contribution in [0.25, 0.3) is 23.1 Å². The maximum absolute atomic E-state index is 13.9. The van der Waals surface area contributed by atoms with E-state index in [2.05, 4.69) is 4.98 Å². The Morgan fingerprint density at radius 2 is 1.85 bits per heavy atom. The third kappa shape index (κ3) is 6.66. The predicted molar refractivity (Wildman–Crippen MR) is 137 cm³/mol. The second-order valence-corrected chi connectivity index (χ2v) is 9.96. The number of carbonyl (C=O) groups is 1. The van der Waals surface area contributed by atoms with Gasteiger partial charge >= 0.3 is 35.7 Å². The van der Waals surface area contributed by atoms with E-state index >= 15 is 0 Å². The minimum absolute atomic E-state index is 0. The summed E-state index contributed by atoms with van der Waals surface area (Å²) in [6, 6.07) is 18.2. The van der Waals surface area contributed by atoms with Crippen molar-refractivity contribution in [1.29, 1.82) is 0 Å². The summed E-state index contributed by atoms with van der Waals surface area (Å²) in [6.07, 6.45) is -1.44. The normalized spacial score (nSPS) is 14.7. The first-order valence-corrected chi connectivity index (χ1v) is 12.8. The zero-order valence-corrected chi connectivity index (χ0v) is 23.6. The maximum atomic E-state index is 13.9. The van der Waals surface area contributed by atoms with Crippen LogP contribution >= 0.6 is 11.8 Å². The van der Waals surface area contributed by atoms with E-state index in [0.29, 0.717) is 29.9 Å². The van der Waals surface area contributed by atoms with E-state index in [4.69, 9.17) is 4.74 Å². The Balaban J connectivity index is 0.00000353. The van der Waals surface area contributed by atoms with Gasteiger partial charge in [0.25, 0.3) is 0 Å². The molecule has 0 radical (unpaired) electrons. The van der Waals surface area contributed by atoms with Crippen LogP contribution in [-0.4, -0.2) is 16.7 Å². The average molecular weight is 562 g/mol. The topological polar surface area (TPSA) is 62.2 Å². The molecule has 1 unspecified atom stereocenters. The fourth-order valence-corrected chi connectivity index (χ4v) is 5.64. The van der Waals surface area contributed by atoms with Gasteiger partial charge in [-0.25, -0.2) is 9.37 Å². The van der Waals surface area contributed by atoms with E-state index in [1.165, 1.54) is 17.8 Å². The van der Waals surface area contributed by atoms with Crippen molar-refractivity contribution in [2.24, 2.45) is 0 Å². The quantitative estimate of drug-likeness (QED) is 0.267. The molecule has 5 rings (SSSR count). The molecule has 2 heterocycles. The van der Waals surface area contributed by atoms with Gasteiger partial charge in [0, 0.05) is 16.9 Å². The van der Waals surface area contributed by atoms with Crippen LogP contribution in [-0.2, 0) is 17.6 Å². The van der Waals surface area contributed by atoms with Gasteiger partial charge in [-0.2, -0.15) is 13.2 Å². The Morgan fingerprint density at radius 1 is 1.05 bits per heavy atom. The van der Waals surface area contributed by atoms with Gasteiger partial charge in [0.15, 0.2) is 0 Å². The Kier molecular flexibility index (Phi) is 9.06. The van der Waals surface area contributed by atoms with Crippen molar-refractivity contribution >= 4 is 40.8 Å². The number of halogens is 4. The molecular formula is C29H20F4NNaO3S. The molecule has 1 aliphatic rings. The van der Waals surface area contributed by atoms with Gasteiger partial charge < -0.3 is 14.6 Å². The van der Waals surface area contributed by atoms with Gasteiger partial charge in [0.1, 0.15) is 18.2 Å². The van der Waals surface area contributed by atoms with E-state index in [9.17, 15) is 27.5 Å². The Hall–Kier alpha value is -2.85. The second kappa shape index (κ2) is 12.1. The van der Waals surface area contributed by atoms with Crippen LogP contribution in [0.5, 0.6) is 5.75 Å². The summed E-state index contributed by atoms with van der Waals surface area (Å²) in [6.45, 7) is 0.386. The molecular weight excluding hydrogens is 541 g/mol. The van der Waals surface area contributed by atoms with Crippen LogP contribution in [0.4, 0.5) is 17.6 Å². The van der Waals surface area contributed by atoms with Gasteiger partial charge in [-0.15, -0.1) is 11.8 Å². The number of hydrogen-bond acceptors (Lipinski definition) is 5. The second-order valence-electron chi connectivity index (χ2n) is 8.75. The number of pyridine rings is 1. The molecule has 1 aromatic heterocycles. The summed E-state index contributed by atoms with van der Waals surface area (Å²) in [4.78, 5) is 15.3. The zero-order chi connectivity index (χ0) is 26.9. The first-order valence-electron chi connectivity index (χ1n) is 11.7. The first-order chi connectivity index (χ1) is 18.2. The fraction of sp³-hybridized carbons (Fsp3) is 0.172. The summed E-state index contributed by atoms with van der Waals surface area (Å²) in [5.41, 5.74) is 2.84. The summed E-state index contributed by atoms with van der Waals surface area (Å²) in [5.74, 6) is -1.39. The van der Waals surface area contributed by atoms with Crippen LogP contribution in [0.2, 0.25) is 0 Å². The molecule has 0 amide bonds. The molecule has 0 saturated carbocycles. The molecule has 4 nitrogen and oxygen atoms in total. The molecule has 194 valence electrons. The Labute approximate surface area is 248 Å². The van der Waals surface area contributed by atoms with Crippen molar-refractivity contribution in [1.82, 2.24) is 4.98 Å². The summed E-state index contributed by atoms with van der Waals surface area (Å²) in [5, 5.41) is 11.1. The van der Waals surface area contributed by atoms with Crippen molar-refractivity contribution in [3.05, 3.63) is 106 Å². The number of fused-ring (bicyclic) bond motifs is 3. The van der Waals surface area contributed by atoms with Crippen molar-refractivity contribution in [3.8, 4) is 5.75 Å². The third-order valence-electron chi connectivity index (χ3n) is 6.18. The number of carboxylic acids is 1.